The van der Waals surface area contributed by atoms with Crippen LogP contribution in [-0.4, -0.2) is 25.2 Å². The highest BCUT2D eigenvalue weighted by atomic mass is 35.5. The number of hydrogen-bond acceptors (Lipinski definition) is 3. The first kappa shape index (κ1) is 11.1. The van der Waals surface area contributed by atoms with Gasteiger partial charge in [-0.15, -0.1) is 11.6 Å². The highest BCUT2D eigenvalue weighted by Crippen LogP contribution is 2.29. The minimum Gasteiger partial charge on any atom is -0.497 e. The zero-order chi connectivity index (χ0) is 10.6. The third-order valence-electron chi connectivity index (χ3n) is 1.95. The lowest BCUT2D eigenvalue weighted by molar-refractivity contribution is 0.197. The van der Waals surface area contributed by atoms with Crippen LogP contribution in [0.1, 0.15) is 11.7 Å². The fraction of sp³-hybridized carbons (Fsp3) is 0.400. The van der Waals surface area contributed by atoms with Gasteiger partial charge in [-0.05, 0) is 12.1 Å². The average molecular weight is 217 g/mol. The van der Waals surface area contributed by atoms with Crippen LogP contribution in [0.5, 0.6) is 11.5 Å². The summed E-state index contributed by atoms with van der Waals surface area (Å²) in [6, 6.07) is 5.21. The van der Waals surface area contributed by atoms with Crippen molar-refractivity contribution in [3.05, 3.63) is 23.8 Å². The van der Waals surface area contributed by atoms with Gasteiger partial charge >= 0.3 is 0 Å². The molecule has 0 unspecified atom stereocenters. The van der Waals surface area contributed by atoms with Crippen molar-refractivity contribution in [1.29, 1.82) is 0 Å². The molecule has 0 aromatic heterocycles. The Kier molecular flexibility index (Phi) is 4.04. The second-order valence-corrected chi connectivity index (χ2v) is 3.09. The van der Waals surface area contributed by atoms with Crippen LogP contribution < -0.4 is 9.47 Å². The molecule has 1 N–H and O–H groups in total. The first-order chi connectivity index (χ1) is 6.72. The molecule has 0 radical (unpaired) electrons. The Morgan fingerprint density at radius 1 is 1.36 bits per heavy atom. The highest BCUT2D eigenvalue weighted by Gasteiger charge is 2.12. The zero-order valence-corrected chi connectivity index (χ0v) is 8.91. The first-order valence-corrected chi connectivity index (χ1v) is 4.72. The van der Waals surface area contributed by atoms with Crippen LogP contribution in [0.25, 0.3) is 0 Å². The van der Waals surface area contributed by atoms with Crippen molar-refractivity contribution in [3.8, 4) is 11.5 Å². The van der Waals surface area contributed by atoms with Crippen LogP contribution in [0.3, 0.4) is 0 Å². The van der Waals surface area contributed by atoms with Crippen LogP contribution in [0, 0.1) is 0 Å². The fourth-order valence-electron chi connectivity index (χ4n) is 1.18. The molecule has 0 bridgehead atoms. The van der Waals surface area contributed by atoms with E-state index in [4.69, 9.17) is 21.1 Å². The molecular weight excluding hydrogens is 204 g/mol. The largest absolute Gasteiger partial charge is 0.497 e. The van der Waals surface area contributed by atoms with Crippen LogP contribution in [-0.2, 0) is 0 Å². The fourth-order valence-corrected chi connectivity index (χ4v) is 1.34. The molecular formula is C10H13ClO3. The van der Waals surface area contributed by atoms with Gasteiger partial charge in [0.1, 0.15) is 11.5 Å². The van der Waals surface area contributed by atoms with Gasteiger partial charge in [-0.2, -0.15) is 0 Å². The maximum atomic E-state index is 9.55. The number of methoxy groups -OCH3 is 2. The van der Waals surface area contributed by atoms with Gasteiger partial charge in [0.2, 0.25) is 0 Å². The van der Waals surface area contributed by atoms with Gasteiger partial charge in [-0.3, -0.25) is 0 Å². The molecule has 1 aromatic rings. The third-order valence-corrected chi connectivity index (χ3v) is 2.24. The van der Waals surface area contributed by atoms with Crippen molar-refractivity contribution >= 4 is 11.6 Å². The molecule has 14 heavy (non-hydrogen) atoms. The predicted octanol–water partition coefficient (Wildman–Crippen LogP) is 1.98. The van der Waals surface area contributed by atoms with E-state index in [1.807, 2.05) is 0 Å². The minimum absolute atomic E-state index is 0.142. The normalized spacial score (nSPS) is 12.3. The Balaban J connectivity index is 3.04. The van der Waals surface area contributed by atoms with E-state index < -0.39 is 6.10 Å². The number of rotatable bonds is 4. The maximum Gasteiger partial charge on any atom is 0.128 e. The molecule has 1 rings (SSSR count). The quantitative estimate of drug-likeness (QED) is 0.783. The van der Waals surface area contributed by atoms with E-state index in [9.17, 15) is 5.11 Å². The molecule has 0 spiro atoms. The number of benzene rings is 1. The van der Waals surface area contributed by atoms with E-state index in [0.717, 1.165) is 0 Å². The average Bonchev–Trinajstić information content (AvgIpc) is 2.27. The molecule has 78 valence electrons. The summed E-state index contributed by atoms with van der Waals surface area (Å²) in [7, 11) is 3.12. The van der Waals surface area contributed by atoms with Crippen molar-refractivity contribution in [3.63, 3.8) is 0 Å². The number of aliphatic hydroxyl groups is 1. The Bertz CT molecular complexity index is 301. The summed E-state index contributed by atoms with van der Waals surface area (Å²) in [5.74, 6) is 1.41. The van der Waals surface area contributed by atoms with E-state index in [1.54, 1.807) is 32.4 Å². The summed E-state index contributed by atoms with van der Waals surface area (Å²) in [6.07, 6.45) is -0.711. The molecule has 1 atom stereocenters. The number of aliphatic hydroxyl groups excluding tert-OH is 1. The highest BCUT2D eigenvalue weighted by molar-refractivity contribution is 6.18. The molecule has 0 aliphatic carbocycles. The topological polar surface area (TPSA) is 38.7 Å². The molecule has 0 saturated heterocycles. The van der Waals surface area contributed by atoms with E-state index in [0.29, 0.717) is 17.1 Å². The summed E-state index contributed by atoms with van der Waals surface area (Å²) in [5, 5.41) is 9.55. The lowest BCUT2D eigenvalue weighted by atomic mass is 10.1. The predicted molar refractivity (Wildman–Crippen MR) is 55.2 cm³/mol. The summed E-state index contributed by atoms with van der Waals surface area (Å²) in [5.41, 5.74) is 0.670. The molecule has 0 amide bonds. The Hall–Kier alpha value is -0.930. The van der Waals surface area contributed by atoms with Gasteiger partial charge in [0, 0.05) is 11.6 Å². The summed E-state index contributed by atoms with van der Waals surface area (Å²) in [6.45, 7) is 0. The SMILES string of the molecule is COc1ccc([C@@H](O)CCl)c(OC)c1. The molecule has 0 saturated carbocycles. The van der Waals surface area contributed by atoms with Gasteiger partial charge in [0.25, 0.3) is 0 Å². The molecule has 0 heterocycles. The van der Waals surface area contributed by atoms with Crippen molar-refractivity contribution in [2.75, 3.05) is 20.1 Å². The van der Waals surface area contributed by atoms with Crippen LogP contribution >= 0.6 is 11.6 Å². The van der Waals surface area contributed by atoms with E-state index in [1.165, 1.54) is 0 Å². The summed E-state index contributed by atoms with van der Waals surface area (Å²) < 4.78 is 10.1. The van der Waals surface area contributed by atoms with Crippen LogP contribution in [0.2, 0.25) is 0 Å². The van der Waals surface area contributed by atoms with Crippen LogP contribution in [0.4, 0.5) is 0 Å². The third kappa shape index (κ3) is 2.30. The standard InChI is InChI=1S/C10H13ClO3/c1-13-7-3-4-8(9(12)6-11)10(5-7)14-2/h3-5,9,12H,6H2,1-2H3/t9-/m0/s1. The Morgan fingerprint density at radius 3 is 2.57 bits per heavy atom. The Labute approximate surface area is 88.2 Å². The van der Waals surface area contributed by atoms with Crippen molar-refractivity contribution < 1.29 is 14.6 Å². The lowest BCUT2D eigenvalue weighted by Gasteiger charge is -2.13. The zero-order valence-electron chi connectivity index (χ0n) is 8.16. The second-order valence-electron chi connectivity index (χ2n) is 2.78. The van der Waals surface area contributed by atoms with E-state index >= 15 is 0 Å². The lowest BCUT2D eigenvalue weighted by Crippen LogP contribution is -2.02. The molecule has 3 nitrogen and oxygen atoms in total. The smallest absolute Gasteiger partial charge is 0.128 e. The van der Waals surface area contributed by atoms with Crippen molar-refractivity contribution in [2.24, 2.45) is 0 Å². The van der Waals surface area contributed by atoms with Gasteiger partial charge in [0.15, 0.2) is 0 Å². The van der Waals surface area contributed by atoms with E-state index in [-0.39, 0.29) is 5.88 Å². The molecule has 0 fully saturated rings. The number of halogens is 1. The van der Waals surface area contributed by atoms with Crippen molar-refractivity contribution in [2.45, 2.75) is 6.10 Å². The molecule has 4 heteroatoms. The number of ether oxygens (including phenoxy) is 2. The van der Waals surface area contributed by atoms with Crippen molar-refractivity contribution in [1.82, 2.24) is 0 Å². The Morgan fingerprint density at radius 2 is 2.07 bits per heavy atom. The maximum absolute atomic E-state index is 9.55. The second kappa shape index (κ2) is 5.08. The van der Waals surface area contributed by atoms with Gasteiger partial charge < -0.3 is 14.6 Å². The summed E-state index contributed by atoms with van der Waals surface area (Å²) >= 11 is 5.55. The number of alkyl halides is 1. The number of hydrogen-bond donors (Lipinski definition) is 1. The monoisotopic (exact) mass is 216 g/mol. The van der Waals surface area contributed by atoms with Gasteiger partial charge in [-0.25, -0.2) is 0 Å². The molecule has 1 aromatic carbocycles. The minimum atomic E-state index is -0.711. The molecule has 0 aliphatic rings. The summed E-state index contributed by atoms with van der Waals surface area (Å²) in [4.78, 5) is 0. The van der Waals surface area contributed by atoms with E-state index in [2.05, 4.69) is 0 Å². The van der Waals surface area contributed by atoms with Gasteiger partial charge in [-0.1, -0.05) is 0 Å². The van der Waals surface area contributed by atoms with Gasteiger partial charge in [0.05, 0.1) is 26.2 Å². The van der Waals surface area contributed by atoms with Crippen LogP contribution in [0.15, 0.2) is 18.2 Å². The molecule has 0 aliphatic heterocycles. The first-order valence-electron chi connectivity index (χ1n) is 4.19.